The Morgan fingerprint density at radius 1 is 1.17 bits per heavy atom. The minimum absolute atomic E-state index is 0.0640. The van der Waals surface area contributed by atoms with E-state index in [0.29, 0.717) is 36.9 Å². The van der Waals surface area contributed by atoms with Gasteiger partial charge in [-0.05, 0) is 68.4 Å². The molecule has 0 unspecified atom stereocenters. The monoisotopic (exact) mass is 425 g/mol. The number of nitrogens with one attached hydrogen (secondary N) is 1. The Bertz CT molecular complexity index is 993. The molecule has 0 spiro atoms. The average molecular weight is 426 g/mol. The molecule has 0 saturated heterocycles. The summed E-state index contributed by atoms with van der Waals surface area (Å²) in [5, 5.41) is 13.2. The third-order valence-corrected chi connectivity index (χ3v) is 6.82. The second kappa shape index (κ2) is 9.07. The summed E-state index contributed by atoms with van der Waals surface area (Å²) in [7, 11) is 0. The molecule has 1 aliphatic carbocycles. The van der Waals surface area contributed by atoms with Gasteiger partial charge in [-0.3, -0.25) is 9.69 Å². The van der Waals surface area contributed by atoms with Crippen LogP contribution < -0.4 is 14.8 Å². The van der Waals surface area contributed by atoms with Crippen LogP contribution in [0.5, 0.6) is 11.5 Å². The lowest BCUT2D eigenvalue weighted by atomic mass is 9.98. The van der Waals surface area contributed by atoms with E-state index >= 15 is 0 Å². The van der Waals surface area contributed by atoms with Crippen LogP contribution in [0.15, 0.2) is 12.1 Å². The molecule has 1 aromatic heterocycles. The van der Waals surface area contributed by atoms with Crippen molar-refractivity contribution in [3.8, 4) is 17.6 Å². The van der Waals surface area contributed by atoms with E-state index in [1.165, 1.54) is 16.0 Å². The third-order valence-electron chi connectivity index (χ3n) is 5.61. The van der Waals surface area contributed by atoms with Gasteiger partial charge < -0.3 is 14.8 Å². The number of aryl methyl sites for hydroxylation is 1. The number of ether oxygens (including phenoxy) is 2. The van der Waals surface area contributed by atoms with Crippen molar-refractivity contribution in [2.45, 2.75) is 46.1 Å². The highest BCUT2D eigenvalue weighted by Crippen LogP contribution is 2.38. The summed E-state index contributed by atoms with van der Waals surface area (Å²) in [4.78, 5) is 16.1. The number of nitriles is 1. The van der Waals surface area contributed by atoms with Crippen molar-refractivity contribution in [2.75, 3.05) is 31.6 Å². The van der Waals surface area contributed by atoms with Crippen LogP contribution in [0, 0.1) is 11.3 Å². The predicted molar refractivity (Wildman–Crippen MR) is 117 cm³/mol. The maximum absolute atomic E-state index is 12.7. The predicted octanol–water partition coefficient (Wildman–Crippen LogP) is 3.90. The molecule has 2 aromatic rings. The Morgan fingerprint density at radius 3 is 2.60 bits per heavy atom. The molecule has 0 fully saturated rings. The zero-order valence-electron chi connectivity index (χ0n) is 17.5. The van der Waals surface area contributed by atoms with Gasteiger partial charge in [-0.1, -0.05) is 0 Å². The maximum Gasteiger partial charge on any atom is 0.239 e. The van der Waals surface area contributed by atoms with Gasteiger partial charge in [0.15, 0.2) is 11.5 Å². The van der Waals surface area contributed by atoms with Crippen LogP contribution in [0.3, 0.4) is 0 Å². The van der Waals surface area contributed by atoms with E-state index in [-0.39, 0.29) is 5.91 Å². The molecule has 1 aromatic carbocycles. The Kier molecular flexibility index (Phi) is 6.26. The highest BCUT2D eigenvalue weighted by atomic mass is 32.1. The summed E-state index contributed by atoms with van der Waals surface area (Å²) in [6.07, 6.45) is 3.93. The summed E-state index contributed by atoms with van der Waals surface area (Å²) in [6.45, 7) is 6.92. The fraction of sp³-hybridized carbons (Fsp3) is 0.478. The number of hydrogen-bond acceptors (Lipinski definition) is 6. The Balaban J connectivity index is 1.43. The maximum atomic E-state index is 12.7. The number of fused-ring (bicyclic) bond motifs is 2. The Labute approximate surface area is 181 Å². The van der Waals surface area contributed by atoms with E-state index in [9.17, 15) is 10.1 Å². The Morgan fingerprint density at radius 2 is 1.90 bits per heavy atom. The van der Waals surface area contributed by atoms with Gasteiger partial charge in [0.1, 0.15) is 11.1 Å². The number of thiophene rings is 1. The summed E-state index contributed by atoms with van der Waals surface area (Å²) < 4.78 is 11.5. The molecule has 0 bridgehead atoms. The second-order valence-corrected chi connectivity index (χ2v) is 8.72. The standard InChI is InChI=1S/C23H27N3O3S/c1-3-28-19-10-15-8-9-26(13-16(15)11-20(19)29-4-2)14-22(27)25-23-18(12-24)17-6-5-7-21(17)30-23/h10-11H,3-9,13-14H2,1-2H3,(H,25,27). The molecule has 0 atom stereocenters. The molecule has 1 aliphatic heterocycles. The number of rotatable bonds is 7. The largest absolute Gasteiger partial charge is 0.490 e. The fourth-order valence-corrected chi connectivity index (χ4v) is 5.53. The number of amides is 1. The van der Waals surface area contributed by atoms with Gasteiger partial charge in [-0.15, -0.1) is 11.3 Å². The van der Waals surface area contributed by atoms with E-state index < -0.39 is 0 Å². The van der Waals surface area contributed by atoms with Crippen molar-refractivity contribution in [1.29, 1.82) is 5.26 Å². The van der Waals surface area contributed by atoms with Crippen molar-refractivity contribution < 1.29 is 14.3 Å². The van der Waals surface area contributed by atoms with Crippen molar-refractivity contribution in [3.63, 3.8) is 0 Å². The van der Waals surface area contributed by atoms with Gasteiger partial charge in [0, 0.05) is 18.0 Å². The van der Waals surface area contributed by atoms with Crippen molar-refractivity contribution in [1.82, 2.24) is 4.90 Å². The molecule has 30 heavy (non-hydrogen) atoms. The topological polar surface area (TPSA) is 74.6 Å². The van der Waals surface area contributed by atoms with Crippen LogP contribution in [0.1, 0.15) is 47.4 Å². The first-order valence-corrected chi connectivity index (χ1v) is 11.4. The molecule has 2 aliphatic rings. The first-order valence-electron chi connectivity index (χ1n) is 10.6. The van der Waals surface area contributed by atoms with Gasteiger partial charge in [0.2, 0.25) is 5.91 Å². The second-order valence-electron chi connectivity index (χ2n) is 7.62. The average Bonchev–Trinajstić information content (AvgIpc) is 3.29. The van der Waals surface area contributed by atoms with Crippen molar-refractivity contribution in [3.05, 3.63) is 39.3 Å². The zero-order valence-corrected chi connectivity index (χ0v) is 18.4. The molecular formula is C23H27N3O3S. The minimum Gasteiger partial charge on any atom is -0.490 e. The molecule has 158 valence electrons. The number of carbonyl (C=O) groups excluding carboxylic acids is 1. The van der Waals surface area contributed by atoms with Crippen LogP contribution in [0.2, 0.25) is 0 Å². The number of carbonyl (C=O) groups is 1. The molecule has 0 radical (unpaired) electrons. The summed E-state index contributed by atoms with van der Waals surface area (Å²) >= 11 is 1.56. The Hall–Kier alpha value is -2.56. The van der Waals surface area contributed by atoms with Crippen LogP contribution in [-0.4, -0.2) is 37.1 Å². The summed E-state index contributed by atoms with van der Waals surface area (Å²) in [6, 6.07) is 6.41. The van der Waals surface area contributed by atoms with E-state index in [0.717, 1.165) is 49.3 Å². The lowest BCUT2D eigenvalue weighted by Gasteiger charge is -2.29. The molecule has 2 heterocycles. The number of benzene rings is 1. The van der Waals surface area contributed by atoms with Gasteiger partial charge in [0.25, 0.3) is 0 Å². The lowest BCUT2D eigenvalue weighted by molar-refractivity contribution is -0.117. The van der Waals surface area contributed by atoms with Gasteiger partial charge >= 0.3 is 0 Å². The van der Waals surface area contributed by atoms with E-state index in [1.54, 1.807) is 11.3 Å². The highest BCUT2D eigenvalue weighted by Gasteiger charge is 2.25. The zero-order chi connectivity index (χ0) is 21.1. The van der Waals surface area contributed by atoms with Crippen LogP contribution >= 0.6 is 11.3 Å². The SMILES string of the molecule is CCOc1cc2c(cc1OCC)CN(CC(=O)Nc1sc3c(c1C#N)CCC3)CC2. The minimum atomic E-state index is -0.0640. The highest BCUT2D eigenvalue weighted by molar-refractivity contribution is 7.16. The third kappa shape index (κ3) is 4.16. The number of nitrogens with zero attached hydrogens (tertiary/aromatic N) is 2. The van der Waals surface area contributed by atoms with E-state index in [4.69, 9.17) is 9.47 Å². The van der Waals surface area contributed by atoms with Gasteiger partial charge in [-0.25, -0.2) is 0 Å². The number of hydrogen-bond donors (Lipinski definition) is 1. The number of anilines is 1. The molecule has 6 nitrogen and oxygen atoms in total. The lowest BCUT2D eigenvalue weighted by Crippen LogP contribution is -2.37. The van der Waals surface area contributed by atoms with Crippen LogP contribution in [-0.2, 0) is 30.6 Å². The molecule has 4 rings (SSSR count). The molecule has 0 saturated carbocycles. The fourth-order valence-electron chi connectivity index (χ4n) is 4.27. The van der Waals surface area contributed by atoms with Gasteiger partial charge in [0.05, 0.1) is 25.3 Å². The van der Waals surface area contributed by atoms with Gasteiger partial charge in [-0.2, -0.15) is 5.26 Å². The van der Waals surface area contributed by atoms with Crippen LogP contribution in [0.25, 0.3) is 0 Å². The molecule has 1 N–H and O–H groups in total. The summed E-state index contributed by atoms with van der Waals surface area (Å²) in [5.74, 6) is 1.49. The quantitative estimate of drug-likeness (QED) is 0.728. The van der Waals surface area contributed by atoms with Crippen molar-refractivity contribution in [2.24, 2.45) is 0 Å². The normalized spacial score (nSPS) is 15.2. The van der Waals surface area contributed by atoms with Crippen LogP contribution in [0.4, 0.5) is 5.00 Å². The molecule has 1 amide bonds. The van der Waals surface area contributed by atoms with Crippen molar-refractivity contribution >= 4 is 22.2 Å². The van der Waals surface area contributed by atoms with E-state index in [2.05, 4.69) is 22.4 Å². The summed E-state index contributed by atoms with van der Waals surface area (Å²) in [5.41, 5.74) is 4.22. The van der Waals surface area contributed by atoms with E-state index in [1.807, 2.05) is 19.9 Å². The molecule has 7 heteroatoms. The first-order chi connectivity index (χ1) is 14.6. The smallest absolute Gasteiger partial charge is 0.239 e. The first kappa shape index (κ1) is 20.7. The molecular weight excluding hydrogens is 398 g/mol.